The van der Waals surface area contributed by atoms with Crippen LogP contribution in [-0.2, 0) is 9.53 Å². The predicted molar refractivity (Wildman–Crippen MR) is 71.9 cm³/mol. The number of methoxy groups -OCH3 is 1. The first kappa shape index (κ1) is 14.1. The normalized spacial score (nSPS) is 11.5. The molecule has 1 aromatic rings. The number of carbonyl (C=O) groups is 1. The summed E-state index contributed by atoms with van der Waals surface area (Å²) in [5.41, 5.74) is 1.43. The Labute approximate surface area is 108 Å². The molecule has 0 aromatic heterocycles. The molecule has 0 saturated heterocycles. The molecule has 0 heterocycles. The van der Waals surface area contributed by atoms with E-state index in [9.17, 15) is 4.79 Å². The lowest BCUT2D eigenvalue weighted by Crippen LogP contribution is -2.32. The van der Waals surface area contributed by atoms with Gasteiger partial charge in [-0.3, -0.25) is 0 Å². The van der Waals surface area contributed by atoms with Gasteiger partial charge in [-0.05, 0) is 31.6 Å². The highest BCUT2D eigenvalue weighted by Gasteiger charge is 2.21. The third-order valence-electron chi connectivity index (χ3n) is 2.42. The summed E-state index contributed by atoms with van der Waals surface area (Å²) in [4.78, 5) is 11.8. The SMILES string of the molecule is C=C(C)C(Nc1ccccc1OC)C(=O)OCC. The summed E-state index contributed by atoms with van der Waals surface area (Å²) in [6, 6.07) is 6.83. The van der Waals surface area contributed by atoms with Gasteiger partial charge in [0.25, 0.3) is 0 Å². The molecule has 4 heteroatoms. The number of hydrogen-bond acceptors (Lipinski definition) is 4. The minimum atomic E-state index is -0.568. The first-order valence-corrected chi connectivity index (χ1v) is 5.81. The number of esters is 1. The second kappa shape index (κ2) is 6.69. The molecule has 4 nitrogen and oxygen atoms in total. The molecule has 1 rings (SSSR count). The molecule has 0 spiro atoms. The van der Waals surface area contributed by atoms with Crippen molar-refractivity contribution in [1.29, 1.82) is 0 Å². The van der Waals surface area contributed by atoms with Gasteiger partial charge in [0.1, 0.15) is 11.8 Å². The van der Waals surface area contributed by atoms with Gasteiger partial charge in [0.15, 0.2) is 0 Å². The maximum absolute atomic E-state index is 11.8. The minimum absolute atomic E-state index is 0.337. The monoisotopic (exact) mass is 249 g/mol. The van der Waals surface area contributed by atoms with Crippen molar-refractivity contribution in [3.05, 3.63) is 36.4 Å². The Kier molecular flexibility index (Phi) is 5.24. The zero-order chi connectivity index (χ0) is 13.5. The molecular weight excluding hydrogens is 230 g/mol. The van der Waals surface area contributed by atoms with Crippen LogP contribution in [0.4, 0.5) is 5.69 Å². The Balaban J connectivity index is 2.90. The second-order valence-corrected chi connectivity index (χ2v) is 3.88. The lowest BCUT2D eigenvalue weighted by Gasteiger charge is -2.19. The van der Waals surface area contributed by atoms with Crippen LogP contribution in [-0.4, -0.2) is 25.7 Å². The van der Waals surface area contributed by atoms with Crippen LogP contribution in [0.1, 0.15) is 13.8 Å². The molecule has 18 heavy (non-hydrogen) atoms. The van der Waals surface area contributed by atoms with Gasteiger partial charge in [-0.15, -0.1) is 0 Å². The third kappa shape index (κ3) is 3.52. The number of hydrogen-bond donors (Lipinski definition) is 1. The van der Waals surface area contributed by atoms with Crippen molar-refractivity contribution < 1.29 is 14.3 Å². The van der Waals surface area contributed by atoms with Crippen molar-refractivity contribution in [3.8, 4) is 5.75 Å². The predicted octanol–water partition coefficient (Wildman–Crippen LogP) is 2.61. The largest absolute Gasteiger partial charge is 0.495 e. The first-order chi connectivity index (χ1) is 8.60. The zero-order valence-corrected chi connectivity index (χ0v) is 11.0. The molecule has 0 aliphatic heterocycles. The molecule has 98 valence electrons. The molecule has 1 atom stereocenters. The number of benzene rings is 1. The van der Waals surface area contributed by atoms with Crippen LogP contribution in [0.3, 0.4) is 0 Å². The van der Waals surface area contributed by atoms with E-state index in [2.05, 4.69) is 11.9 Å². The second-order valence-electron chi connectivity index (χ2n) is 3.88. The van der Waals surface area contributed by atoms with Crippen LogP contribution in [0, 0.1) is 0 Å². The maximum Gasteiger partial charge on any atom is 0.332 e. The number of rotatable bonds is 6. The summed E-state index contributed by atoms with van der Waals surface area (Å²) in [6.45, 7) is 7.71. The summed E-state index contributed by atoms with van der Waals surface area (Å²) < 4.78 is 10.2. The van der Waals surface area contributed by atoms with E-state index in [4.69, 9.17) is 9.47 Å². The van der Waals surface area contributed by atoms with Crippen molar-refractivity contribution in [2.45, 2.75) is 19.9 Å². The summed E-state index contributed by atoms with van der Waals surface area (Å²) in [5, 5.41) is 3.08. The zero-order valence-electron chi connectivity index (χ0n) is 11.0. The van der Waals surface area contributed by atoms with Crippen LogP contribution in [0.2, 0.25) is 0 Å². The fourth-order valence-corrected chi connectivity index (χ4v) is 1.53. The molecule has 1 aromatic carbocycles. The molecule has 0 saturated carbocycles. The Bertz CT molecular complexity index is 429. The van der Waals surface area contributed by atoms with E-state index in [1.165, 1.54) is 0 Å². The molecule has 0 amide bonds. The van der Waals surface area contributed by atoms with E-state index in [1.54, 1.807) is 21.0 Å². The Morgan fingerprint density at radius 3 is 2.67 bits per heavy atom. The smallest absolute Gasteiger partial charge is 0.332 e. The topological polar surface area (TPSA) is 47.6 Å². The first-order valence-electron chi connectivity index (χ1n) is 5.81. The van der Waals surface area contributed by atoms with E-state index in [0.29, 0.717) is 17.9 Å². The minimum Gasteiger partial charge on any atom is -0.495 e. The van der Waals surface area contributed by atoms with Crippen LogP contribution in [0.25, 0.3) is 0 Å². The van der Waals surface area contributed by atoms with Gasteiger partial charge in [-0.25, -0.2) is 4.79 Å². The summed E-state index contributed by atoms with van der Waals surface area (Å²) in [7, 11) is 1.58. The van der Waals surface area contributed by atoms with Crippen molar-refractivity contribution in [3.63, 3.8) is 0 Å². The van der Waals surface area contributed by atoms with E-state index >= 15 is 0 Å². The number of para-hydroxylation sites is 2. The van der Waals surface area contributed by atoms with Gasteiger partial charge in [0.05, 0.1) is 19.4 Å². The van der Waals surface area contributed by atoms with Gasteiger partial charge in [-0.2, -0.15) is 0 Å². The van der Waals surface area contributed by atoms with E-state index in [0.717, 1.165) is 5.69 Å². The van der Waals surface area contributed by atoms with E-state index < -0.39 is 6.04 Å². The number of carbonyl (C=O) groups excluding carboxylic acids is 1. The lowest BCUT2D eigenvalue weighted by atomic mass is 10.1. The van der Waals surface area contributed by atoms with Crippen LogP contribution < -0.4 is 10.1 Å². The summed E-state index contributed by atoms with van der Waals surface area (Å²) >= 11 is 0. The van der Waals surface area contributed by atoms with Gasteiger partial charge in [0, 0.05) is 0 Å². The molecular formula is C14H19NO3. The Morgan fingerprint density at radius 2 is 2.11 bits per heavy atom. The van der Waals surface area contributed by atoms with Gasteiger partial charge in [0.2, 0.25) is 0 Å². The van der Waals surface area contributed by atoms with E-state index in [1.807, 2.05) is 24.3 Å². The van der Waals surface area contributed by atoms with Crippen LogP contribution >= 0.6 is 0 Å². The highest BCUT2D eigenvalue weighted by Crippen LogP contribution is 2.25. The van der Waals surface area contributed by atoms with Gasteiger partial charge < -0.3 is 14.8 Å². The highest BCUT2D eigenvalue weighted by atomic mass is 16.5. The Morgan fingerprint density at radius 1 is 1.44 bits per heavy atom. The lowest BCUT2D eigenvalue weighted by molar-refractivity contribution is -0.143. The summed E-state index contributed by atoms with van der Waals surface area (Å²) in [6.07, 6.45) is 0. The number of nitrogens with one attached hydrogen (secondary N) is 1. The van der Waals surface area contributed by atoms with E-state index in [-0.39, 0.29) is 5.97 Å². The summed E-state index contributed by atoms with van der Waals surface area (Å²) in [5.74, 6) is 0.337. The van der Waals surface area contributed by atoms with Crippen molar-refractivity contribution in [2.75, 3.05) is 19.0 Å². The molecule has 0 aliphatic carbocycles. The van der Waals surface area contributed by atoms with Crippen LogP contribution in [0.15, 0.2) is 36.4 Å². The van der Waals surface area contributed by atoms with Gasteiger partial charge in [-0.1, -0.05) is 18.7 Å². The standard InChI is InChI=1S/C14H19NO3/c1-5-18-14(16)13(10(2)3)15-11-8-6-7-9-12(11)17-4/h6-9,13,15H,2,5H2,1,3-4H3. The fourth-order valence-electron chi connectivity index (χ4n) is 1.53. The molecule has 1 N–H and O–H groups in total. The van der Waals surface area contributed by atoms with Crippen molar-refractivity contribution in [2.24, 2.45) is 0 Å². The van der Waals surface area contributed by atoms with Crippen molar-refractivity contribution >= 4 is 11.7 Å². The molecule has 0 aliphatic rings. The average molecular weight is 249 g/mol. The quantitative estimate of drug-likeness (QED) is 0.622. The number of ether oxygens (including phenoxy) is 2. The Hall–Kier alpha value is -1.97. The van der Waals surface area contributed by atoms with Gasteiger partial charge >= 0.3 is 5.97 Å². The number of anilines is 1. The molecule has 0 fully saturated rings. The molecule has 1 unspecified atom stereocenters. The molecule has 0 radical (unpaired) electrons. The fraction of sp³-hybridized carbons (Fsp3) is 0.357. The highest BCUT2D eigenvalue weighted by molar-refractivity contribution is 5.83. The molecule has 0 bridgehead atoms. The average Bonchev–Trinajstić information content (AvgIpc) is 2.36. The maximum atomic E-state index is 11.8. The van der Waals surface area contributed by atoms with Crippen LogP contribution in [0.5, 0.6) is 5.75 Å². The third-order valence-corrected chi connectivity index (χ3v) is 2.42. The van der Waals surface area contributed by atoms with Crippen molar-refractivity contribution in [1.82, 2.24) is 0 Å².